The fourth-order valence-electron chi connectivity index (χ4n) is 3.63. The minimum atomic E-state index is -1.77. The van der Waals surface area contributed by atoms with Gasteiger partial charge in [-0.2, -0.15) is 0 Å². The highest BCUT2D eigenvalue weighted by Crippen LogP contribution is 2.40. The molecule has 10 heteroatoms. The van der Waals surface area contributed by atoms with Crippen molar-refractivity contribution in [2.75, 3.05) is 25.0 Å². The highest BCUT2D eigenvalue weighted by atomic mass is 35.5. The molecule has 0 aliphatic carbocycles. The lowest BCUT2D eigenvalue weighted by molar-refractivity contribution is 0.0679. The molecular weight excluding hydrogens is 443 g/mol. The van der Waals surface area contributed by atoms with Crippen LogP contribution in [-0.4, -0.2) is 50.8 Å². The largest absolute Gasteiger partial charge is 0.393 e. The second-order valence-electron chi connectivity index (χ2n) is 7.67. The number of likely N-dealkylation sites (tertiary alicyclic amines) is 1. The van der Waals surface area contributed by atoms with E-state index in [1.54, 1.807) is 4.90 Å². The van der Waals surface area contributed by atoms with Crippen LogP contribution in [0.4, 0.5) is 14.3 Å². The van der Waals surface area contributed by atoms with Crippen LogP contribution in [0.2, 0.25) is 5.02 Å². The highest BCUT2D eigenvalue weighted by Gasteiger charge is 2.40. The van der Waals surface area contributed by atoms with Gasteiger partial charge in [0.1, 0.15) is 6.10 Å². The number of piperidine rings is 1. The van der Waals surface area contributed by atoms with Crippen molar-refractivity contribution in [2.45, 2.75) is 31.5 Å². The number of halogens is 2. The molecule has 1 fully saturated rings. The average Bonchev–Trinajstić information content (AvgIpc) is 3.14. The van der Waals surface area contributed by atoms with Crippen LogP contribution in [0.3, 0.4) is 0 Å². The first-order valence-electron chi connectivity index (χ1n) is 9.86. The van der Waals surface area contributed by atoms with Gasteiger partial charge in [-0.15, -0.1) is 0 Å². The van der Waals surface area contributed by atoms with Crippen LogP contribution >= 0.6 is 22.9 Å². The van der Waals surface area contributed by atoms with Crippen LogP contribution in [0.25, 0.3) is 10.2 Å². The van der Waals surface area contributed by atoms with Gasteiger partial charge in [0.2, 0.25) is 0 Å². The lowest BCUT2D eigenvalue weighted by Gasteiger charge is -2.36. The van der Waals surface area contributed by atoms with Crippen molar-refractivity contribution in [3.8, 4) is 0 Å². The molecule has 164 valence electrons. The summed E-state index contributed by atoms with van der Waals surface area (Å²) in [5.41, 5.74) is 0.579. The number of hydrogen-bond acceptors (Lipinski definition) is 6. The lowest BCUT2D eigenvalue weighted by Crippen LogP contribution is -2.45. The minimum absolute atomic E-state index is 0.0497. The molecule has 7 nitrogen and oxygen atoms in total. The molecule has 3 aromatic rings. The first-order chi connectivity index (χ1) is 14.8. The lowest BCUT2D eigenvalue weighted by atomic mass is 9.89. The Hall–Kier alpha value is -2.33. The Balaban J connectivity index is 1.41. The Morgan fingerprint density at radius 1 is 1.39 bits per heavy atom. The number of aryl methyl sites for hydroxylation is 1. The number of carbonyl (C=O) groups excluding carboxylic acids is 1. The van der Waals surface area contributed by atoms with Crippen LogP contribution in [0.5, 0.6) is 0 Å². The van der Waals surface area contributed by atoms with Gasteiger partial charge in [0.25, 0.3) is 0 Å². The number of aliphatic hydroxyl groups excluding tert-OH is 2. The SMILES string of the molecule is Cc1ccc2nc(NC(=O)N3CCC(F)(c4ncc([C@H](O)CO)cc4Cl)CC3)sc2c1. The number of aromatic nitrogens is 2. The van der Waals surface area contributed by atoms with Crippen LogP contribution in [0.15, 0.2) is 30.5 Å². The third-order valence-electron chi connectivity index (χ3n) is 5.45. The molecule has 4 rings (SSSR count). The van der Waals surface area contributed by atoms with Crippen molar-refractivity contribution in [1.29, 1.82) is 0 Å². The van der Waals surface area contributed by atoms with Gasteiger partial charge in [-0.25, -0.2) is 14.2 Å². The van der Waals surface area contributed by atoms with Crippen LogP contribution in [-0.2, 0) is 5.67 Å². The molecule has 0 radical (unpaired) electrons. The number of pyridine rings is 1. The molecule has 1 saturated heterocycles. The first-order valence-corrected chi connectivity index (χ1v) is 11.1. The molecule has 0 bridgehead atoms. The third kappa shape index (κ3) is 4.50. The van der Waals surface area contributed by atoms with Gasteiger partial charge in [-0.05, 0) is 30.7 Å². The number of carbonyl (C=O) groups is 1. The number of nitrogens with zero attached hydrogens (tertiary/aromatic N) is 3. The van der Waals surface area contributed by atoms with Crippen molar-refractivity contribution < 1.29 is 19.4 Å². The van der Waals surface area contributed by atoms with Gasteiger partial charge in [0, 0.05) is 37.7 Å². The molecule has 2 amide bonds. The number of aliphatic hydroxyl groups is 2. The van der Waals surface area contributed by atoms with Gasteiger partial charge in [0.05, 0.1) is 27.5 Å². The van der Waals surface area contributed by atoms with E-state index >= 15 is 4.39 Å². The fourth-order valence-corrected chi connectivity index (χ4v) is 4.92. The number of thiazole rings is 1. The molecule has 1 atom stereocenters. The number of urea groups is 1. The van der Waals surface area contributed by atoms with Gasteiger partial charge < -0.3 is 15.1 Å². The second kappa shape index (κ2) is 8.66. The van der Waals surface area contributed by atoms with Crippen molar-refractivity contribution in [3.05, 3.63) is 52.3 Å². The number of benzene rings is 1. The maximum absolute atomic E-state index is 15.6. The summed E-state index contributed by atoms with van der Waals surface area (Å²) in [6, 6.07) is 6.99. The predicted molar refractivity (Wildman–Crippen MR) is 118 cm³/mol. The number of amides is 2. The zero-order valence-corrected chi connectivity index (χ0v) is 18.4. The van der Waals surface area contributed by atoms with E-state index in [0.29, 0.717) is 10.7 Å². The summed E-state index contributed by atoms with van der Waals surface area (Å²) in [5, 5.41) is 22.1. The Labute approximate surface area is 187 Å². The van der Waals surface area contributed by atoms with Crippen LogP contribution in [0.1, 0.15) is 35.8 Å². The smallest absolute Gasteiger partial charge is 0.323 e. The summed E-state index contributed by atoms with van der Waals surface area (Å²) in [5.74, 6) is 0. The monoisotopic (exact) mass is 464 g/mol. The van der Waals surface area contributed by atoms with Gasteiger partial charge in [-0.3, -0.25) is 10.3 Å². The number of nitrogens with one attached hydrogen (secondary N) is 1. The van der Waals surface area contributed by atoms with E-state index in [1.807, 2.05) is 25.1 Å². The maximum atomic E-state index is 15.6. The summed E-state index contributed by atoms with van der Waals surface area (Å²) in [6.07, 6.45) is 0.297. The first kappa shape index (κ1) is 21.9. The summed E-state index contributed by atoms with van der Waals surface area (Å²) >= 11 is 7.61. The minimum Gasteiger partial charge on any atom is -0.393 e. The molecule has 3 N–H and O–H groups in total. The molecule has 1 aromatic carbocycles. The van der Waals surface area contributed by atoms with Crippen LogP contribution in [0, 0.1) is 6.92 Å². The van der Waals surface area contributed by atoms with E-state index in [0.717, 1.165) is 15.8 Å². The zero-order chi connectivity index (χ0) is 22.2. The van der Waals surface area contributed by atoms with E-state index in [2.05, 4.69) is 15.3 Å². The molecule has 0 unspecified atom stereocenters. The topological polar surface area (TPSA) is 98.6 Å². The standard InChI is InChI=1S/C21H22ClFN4O3S/c1-12-2-3-15-17(8-12)31-19(25-15)26-20(30)27-6-4-21(23,5-7-27)18-14(22)9-13(10-24-18)16(29)11-28/h2-3,8-10,16,28-29H,4-7,11H2,1H3,(H,25,26,30)/t16-/m1/s1. The van der Waals surface area contributed by atoms with Gasteiger partial charge in [-0.1, -0.05) is 29.0 Å². The van der Waals surface area contributed by atoms with E-state index in [-0.39, 0.29) is 42.7 Å². The number of anilines is 1. The predicted octanol–water partition coefficient (Wildman–Crippen LogP) is 4.17. The molecule has 3 heterocycles. The van der Waals surface area contributed by atoms with Crippen molar-refractivity contribution in [2.24, 2.45) is 0 Å². The van der Waals surface area contributed by atoms with Crippen molar-refractivity contribution in [3.63, 3.8) is 0 Å². The molecule has 31 heavy (non-hydrogen) atoms. The molecule has 2 aromatic heterocycles. The Morgan fingerprint density at radius 2 is 2.13 bits per heavy atom. The van der Waals surface area contributed by atoms with E-state index in [4.69, 9.17) is 16.7 Å². The molecule has 0 spiro atoms. The second-order valence-corrected chi connectivity index (χ2v) is 9.11. The molecule has 0 saturated carbocycles. The van der Waals surface area contributed by atoms with Gasteiger partial charge >= 0.3 is 6.03 Å². The molecule has 1 aliphatic heterocycles. The van der Waals surface area contributed by atoms with Crippen molar-refractivity contribution >= 4 is 44.3 Å². The summed E-state index contributed by atoms with van der Waals surface area (Å²) in [7, 11) is 0. The van der Waals surface area contributed by atoms with Crippen LogP contribution < -0.4 is 5.32 Å². The van der Waals surface area contributed by atoms with Gasteiger partial charge in [0.15, 0.2) is 10.8 Å². The average molecular weight is 465 g/mol. The fraction of sp³-hybridized carbons (Fsp3) is 0.381. The summed E-state index contributed by atoms with van der Waals surface area (Å²) in [4.78, 5) is 22.7. The third-order valence-corrected chi connectivity index (χ3v) is 6.67. The Bertz CT molecular complexity index is 1120. The number of alkyl halides is 1. The summed E-state index contributed by atoms with van der Waals surface area (Å²) < 4.78 is 16.6. The normalized spacial score (nSPS) is 17.0. The quantitative estimate of drug-likeness (QED) is 0.538. The zero-order valence-electron chi connectivity index (χ0n) is 16.8. The Kier molecular flexibility index (Phi) is 6.11. The van der Waals surface area contributed by atoms with E-state index in [9.17, 15) is 9.90 Å². The maximum Gasteiger partial charge on any atom is 0.323 e. The van der Waals surface area contributed by atoms with Crippen molar-refractivity contribution in [1.82, 2.24) is 14.9 Å². The summed E-state index contributed by atoms with van der Waals surface area (Å²) in [6.45, 7) is 1.92. The molecular formula is C21H22ClFN4O3S. The number of fused-ring (bicyclic) bond motifs is 1. The number of rotatable bonds is 4. The highest BCUT2D eigenvalue weighted by molar-refractivity contribution is 7.22. The van der Waals surface area contributed by atoms with E-state index in [1.165, 1.54) is 23.6 Å². The number of hydrogen-bond donors (Lipinski definition) is 3. The molecule has 1 aliphatic rings. The van der Waals surface area contributed by atoms with E-state index < -0.39 is 18.4 Å². The Morgan fingerprint density at radius 3 is 2.81 bits per heavy atom.